The van der Waals surface area contributed by atoms with Gasteiger partial charge in [0.1, 0.15) is 0 Å². The third-order valence-electron chi connectivity index (χ3n) is 3.86. The molecule has 4 heteroatoms. The van der Waals surface area contributed by atoms with Crippen molar-refractivity contribution in [1.29, 1.82) is 0 Å². The normalized spacial score (nSPS) is 12.3. The quantitative estimate of drug-likeness (QED) is 0.439. The Bertz CT molecular complexity index is 448. The first kappa shape index (κ1) is 18.0. The van der Waals surface area contributed by atoms with Crippen LogP contribution < -0.4 is 5.73 Å². The molecule has 0 bridgehead atoms. The highest BCUT2D eigenvalue weighted by Crippen LogP contribution is 2.32. The van der Waals surface area contributed by atoms with Crippen LogP contribution >= 0.6 is 15.9 Å². The molecule has 0 aromatic heterocycles. The molecule has 1 aromatic carbocycles. The van der Waals surface area contributed by atoms with Gasteiger partial charge in [-0.25, -0.2) is 0 Å². The van der Waals surface area contributed by atoms with Gasteiger partial charge < -0.3 is 10.8 Å². The number of unbranched alkanes of at least 4 members (excludes halogenated alkanes) is 6. The Morgan fingerprint density at radius 1 is 1.19 bits per heavy atom. The summed E-state index contributed by atoms with van der Waals surface area (Å²) in [5.41, 5.74) is 7.27. The summed E-state index contributed by atoms with van der Waals surface area (Å²) >= 11 is 3.36. The molecule has 0 fully saturated rings. The highest BCUT2D eigenvalue weighted by molar-refractivity contribution is 9.10. The van der Waals surface area contributed by atoms with Gasteiger partial charge in [-0.3, -0.25) is 4.79 Å². The van der Waals surface area contributed by atoms with Crippen molar-refractivity contribution >= 4 is 27.6 Å². The van der Waals surface area contributed by atoms with E-state index in [1.165, 1.54) is 32.1 Å². The maximum atomic E-state index is 11.5. The summed E-state index contributed by atoms with van der Waals surface area (Å²) in [6, 6.07) is 5.50. The Kier molecular flexibility index (Phi) is 8.43. The number of carboxylic acid groups (broad SMARTS) is 1. The second kappa shape index (κ2) is 9.82. The monoisotopic (exact) mass is 355 g/mol. The van der Waals surface area contributed by atoms with Crippen LogP contribution in [-0.4, -0.2) is 11.1 Å². The molecule has 1 aromatic rings. The highest BCUT2D eigenvalue weighted by atomic mass is 79.9. The minimum atomic E-state index is -0.786. The van der Waals surface area contributed by atoms with Gasteiger partial charge >= 0.3 is 5.97 Å². The Morgan fingerprint density at radius 3 is 2.43 bits per heavy atom. The number of anilines is 1. The second-order valence-corrected chi connectivity index (χ2v) is 6.40. The van der Waals surface area contributed by atoms with E-state index < -0.39 is 11.9 Å². The van der Waals surface area contributed by atoms with E-state index in [4.69, 9.17) is 5.73 Å². The molecule has 3 N–H and O–H groups in total. The predicted molar refractivity (Wildman–Crippen MR) is 91.5 cm³/mol. The molecule has 1 unspecified atom stereocenters. The van der Waals surface area contributed by atoms with Gasteiger partial charge in [0, 0.05) is 10.2 Å². The summed E-state index contributed by atoms with van der Waals surface area (Å²) < 4.78 is 0.769. The maximum Gasteiger partial charge on any atom is 0.311 e. The van der Waals surface area contributed by atoms with E-state index in [-0.39, 0.29) is 0 Å². The lowest BCUT2D eigenvalue weighted by atomic mass is 9.92. The van der Waals surface area contributed by atoms with Crippen molar-refractivity contribution in [2.45, 2.75) is 64.2 Å². The molecular formula is C17H26BrNO2. The number of hydrogen-bond donors (Lipinski definition) is 2. The number of rotatable bonds is 10. The van der Waals surface area contributed by atoms with Crippen LogP contribution in [0.1, 0.15) is 69.8 Å². The van der Waals surface area contributed by atoms with Crippen LogP contribution in [-0.2, 0) is 4.79 Å². The van der Waals surface area contributed by atoms with Gasteiger partial charge in [-0.2, -0.15) is 0 Å². The standard InChI is InChI=1S/C17H26BrNO2/c1-2-3-4-5-6-7-8-10-14(17(20)21)13-11-9-12-15(18)16(13)19/h9,11-12,14H,2-8,10,19H2,1H3,(H,20,21). The van der Waals surface area contributed by atoms with Crippen LogP contribution in [0.5, 0.6) is 0 Å². The smallest absolute Gasteiger partial charge is 0.311 e. The lowest BCUT2D eigenvalue weighted by Gasteiger charge is -2.15. The number of halogens is 1. The summed E-state index contributed by atoms with van der Waals surface area (Å²) in [5.74, 6) is -1.29. The Morgan fingerprint density at radius 2 is 1.81 bits per heavy atom. The first-order valence-corrected chi connectivity index (χ1v) is 8.64. The first-order chi connectivity index (χ1) is 10.1. The van der Waals surface area contributed by atoms with Gasteiger partial charge in [0.25, 0.3) is 0 Å². The zero-order valence-corrected chi connectivity index (χ0v) is 14.4. The lowest BCUT2D eigenvalue weighted by molar-refractivity contribution is -0.139. The molecule has 118 valence electrons. The highest BCUT2D eigenvalue weighted by Gasteiger charge is 2.22. The minimum Gasteiger partial charge on any atom is -0.481 e. The molecule has 0 aliphatic rings. The molecule has 0 saturated heterocycles. The number of nitrogen functional groups attached to an aromatic ring is 1. The maximum absolute atomic E-state index is 11.5. The molecule has 1 atom stereocenters. The lowest BCUT2D eigenvalue weighted by Crippen LogP contribution is -2.13. The van der Waals surface area contributed by atoms with Gasteiger partial charge in [0.15, 0.2) is 0 Å². The van der Waals surface area contributed by atoms with Crippen molar-refractivity contribution in [3.05, 3.63) is 28.2 Å². The summed E-state index contributed by atoms with van der Waals surface area (Å²) in [4.78, 5) is 11.5. The van der Waals surface area contributed by atoms with Gasteiger partial charge in [-0.1, -0.05) is 64.0 Å². The SMILES string of the molecule is CCCCCCCCCC(C(=O)O)c1cccc(Br)c1N. The molecule has 0 aliphatic carbocycles. The van der Waals surface area contributed by atoms with Crippen LogP contribution in [0.3, 0.4) is 0 Å². The molecule has 3 nitrogen and oxygen atoms in total. The topological polar surface area (TPSA) is 63.3 Å². The van der Waals surface area contributed by atoms with Gasteiger partial charge in [0.05, 0.1) is 5.92 Å². The first-order valence-electron chi connectivity index (χ1n) is 7.84. The van der Waals surface area contributed by atoms with Crippen LogP contribution in [0.4, 0.5) is 5.69 Å². The van der Waals surface area contributed by atoms with Crippen molar-refractivity contribution in [1.82, 2.24) is 0 Å². The molecule has 21 heavy (non-hydrogen) atoms. The zero-order valence-electron chi connectivity index (χ0n) is 12.8. The minimum absolute atomic E-state index is 0.502. The molecule has 0 saturated carbocycles. The fraction of sp³-hybridized carbons (Fsp3) is 0.588. The van der Waals surface area contributed by atoms with Crippen LogP contribution in [0.15, 0.2) is 22.7 Å². The number of para-hydroxylation sites is 1. The number of benzene rings is 1. The number of aliphatic carboxylic acids is 1. The third-order valence-corrected chi connectivity index (χ3v) is 4.55. The van der Waals surface area contributed by atoms with E-state index in [1.807, 2.05) is 18.2 Å². The van der Waals surface area contributed by atoms with E-state index in [0.29, 0.717) is 12.1 Å². The van der Waals surface area contributed by atoms with Crippen LogP contribution in [0.2, 0.25) is 0 Å². The van der Waals surface area contributed by atoms with Crippen molar-refractivity contribution in [2.24, 2.45) is 0 Å². The Balaban J connectivity index is 2.48. The fourth-order valence-corrected chi connectivity index (χ4v) is 2.96. The zero-order chi connectivity index (χ0) is 15.7. The summed E-state index contributed by atoms with van der Waals surface area (Å²) in [6.07, 6.45) is 8.98. The summed E-state index contributed by atoms with van der Waals surface area (Å²) in [5, 5.41) is 9.44. The average Bonchev–Trinajstić information content (AvgIpc) is 2.45. The van der Waals surface area contributed by atoms with E-state index in [9.17, 15) is 9.90 Å². The van der Waals surface area contributed by atoms with Crippen LogP contribution in [0.25, 0.3) is 0 Å². The van der Waals surface area contributed by atoms with Gasteiger partial charge in [-0.15, -0.1) is 0 Å². The predicted octanol–water partition coefficient (Wildman–Crippen LogP) is 5.34. The molecular weight excluding hydrogens is 330 g/mol. The van der Waals surface area contributed by atoms with Crippen molar-refractivity contribution in [3.63, 3.8) is 0 Å². The average molecular weight is 356 g/mol. The fourth-order valence-electron chi connectivity index (χ4n) is 2.58. The van der Waals surface area contributed by atoms with Gasteiger partial charge in [-0.05, 0) is 34.0 Å². The Labute approximate surface area is 136 Å². The number of carbonyl (C=O) groups is 1. The number of hydrogen-bond acceptors (Lipinski definition) is 2. The van der Waals surface area contributed by atoms with Crippen molar-refractivity contribution in [2.75, 3.05) is 5.73 Å². The Hall–Kier alpha value is -1.03. The van der Waals surface area contributed by atoms with E-state index >= 15 is 0 Å². The van der Waals surface area contributed by atoms with E-state index in [1.54, 1.807) is 0 Å². The summed E-state index contributed by atoms with van der Waals surface area (Å²) in [6.45, 7) is 2.21. The van der Waals surface area contributed by atoms with E-state index in [2.05, 4.69) is 22.9 Å². The number of carboxylic acids is 1. The third kappa shape index (κ3) is 6.08. The van der Waals surface area contributed by atoms with Gasteiger partial charge in [0.2, 0.25) is 0 Å². The van der Waals surface area contributed by atoms with Crippen molar-refractivity contribution < 1.29 is 9.90 Å². The molecule has 0 heterocycles. The second-order valence-electron chi connectivity index (χ2n) is 5.54. The molecule has 0 spiro atoms. The largest absolute Gasteiger partial charge is 0.481 e. The molecule has 0 amide bonds. The van der Waals surface area contributed by atoms with E-state index in [0.717, 1.165) is 22.9 Å². The summed E-state index contributed by atoms with van der Waals surface area (Å²) in [7, 11) is 0. The van der Waals surface area contributed by atoms with Crippen LogP contribution in [0, 0.1) is 0 Å². The molecule has 0 radical (unpaired) electrons. The van der Waals surface area contributed by atoms with Crippen molar-refractivity contribution in [3.8, 4) is 0 Å². The molecule has 0 aliphatic heterocycles. The molecule has 1 rings (SSSR count). The number of nitrogens with two attached hydrogens (primary N) is 1.